The lowest BCUT2D eigenvalue weighted by Gasteiger charge is -2.10. The largest absolute Gasteiger partial charge is 0.573 e. The first-order chi connectivity index (χ1) is 6.29. The SMILES string of the molecule is Nc1cc(Cl)c(F)c(OC(F)(F)F)c1. The molecule has 14 heavy (non-hydrogen) atoms. The van der Waals surface area contributed by atoms with E-state index >= 15 is 0 Å². The molecular formula is C7H4ClF4NO. The van der Waals surface area contributed by atoms with Gasteiger partial charge in [-0.1, -0.05) is 11.6 Å². The lowest BCUT2D eigenvalue weighted by Crippen LogP contribution is -2.18. The van der Waals surface area contributed by atoms with Crippen LogP contribution in [0.5, 0.6) is 5.75 Å². The standard InChI is InChI=1S/C7H4ClF4NO/c8-4-1-3(13)2-5(6(4)9)14-7(10,11)12/h1-2H,13H2. The van der Waals surface area contributed by atoms with E-state index < -0.39 is 23.0 Å². The average Bonchev–Trinajstić information content (AvgIpc) is 1.96. The van der Waals surface area contributed by atoms with Gasteiger partial charge in [-0.25, -0.2) is 4.39 Å². The van der Waals surface area contributed by atoms with E-state index in [1.54, 1.807) is 0 Å². The Morgan fingerprint density at radius 1 is 1.29 bits per heavy atom. The minimum Gasteiger partial charge on any atom is -0.403 e. The predicted molar refractivity (Wildman–Crippen MR) is 42.5 cm³/mol. The fraction of sp³-hybridized carbons (Fsp3) is 0.143. The highest BCUT2D eigenvalue weighted by atomic mass is 35.5. The van der Waals surface area contributed by atoms with Crippen molar-refractivity contribution in [2.45, 2.75) is 6.36 Å². The van der Waals surface area contributed by atoms with Gasteiger partial charge in [-0.3, -0.25) is 0 Å². The van der Waals surface area contributed by atoms with Crippen molar-refractivity contribution in [3.63, 3.8) is 0 Å². The Kier molecular flexibility index (Phi) is 2.75. The van der Waals surface area contributed by atoms with Crippen LogP contribution in [0.1, 0.15) is 0 Å². The van der Waals surface area contributed by atoms with E-state index in [4.69, 9.17) is 17.3 Å². The third-order valence-electron chi connectivity index (χ3n) is 1.24. The molecule has 0 spiro atoms. The zero-order valence-corrected chi connectivity index (χ0v) is 7.29. The Bertz CT molecular complexity index is 352. The van der Waals surface area contributed by atoms with Gasteiger partial charge in [0.05, 0.1) is 5.02 Å². The highest BCUT2D eigenvalue weighted by Gasteiger charge is 2.32. The molecule has 0 bridgehead atoms. The van der Waals surface area contributed by atoms with E-state index in [1.165, 1.54) is 0 Å². The first-order valence-electron chi connectivity index (χ1n) is 3.30. The number of hydrogen-bond donors (Lipinski definition) is 1. The van der Waals surface area contributed by atoms with Crippen molar-refractivity contribution >= 4 is 17.3 Å². The molecule has 0 saturated carbocycles. The molecule has 0 aliphatic rings. The fourth-order valence-corrected chi connectivity index (χ4v) is 1.00. The normalized spacial score (nSPS) is 11.5. The van der Waals surface area contributed by atoms with Crippen LogP contribution in [0.25, 0.3) is 0 Å². The van der Waals surface area contributed by atoms with Gasteiger partial charge in [0.15, 0.2) is 11.6 Å². The van der Waals surface area contributed by atoms with Gasteiger partial charge >= 0.3 is 6.36 Å². The van der Waals surface area contributed by atoms with Crippen LogP contribution in [0.2, 0.25) is 5.02 Å². The minimum atomic E-state index is -4.97. The maximum Gasteiger partial charge on any atom is 0.573 e. The Balaban J connectivity index is 3.09. The summed E-state index contributed by atoms with van der Waals surface area (Å²) in [5.41, 5.74) is 5.03. The van der Waals surface area contributed by atoms with Gasteiger partial charge in [-0.15, -0.1) is 13.2 Å². The van der Waals surface area contributed by atoms with Gasteiger partial charge in [0.25, 0.3) is 0 Å². The molecule has 0 radical (unpaired) electrons. The summed E-state index contributed by atoms with van der Waals surface area (Å²) in [5.74, 6) is -2.33. The summed E-state index contributed by atoms with van der Waals surface area (Å²) in [7, 11) is 0. The smallest absolute Gasteiger partial charge is 0.403 e. The second-order valence-corrected chi connectivity index (χ2v) is 2.77. The second kappa shape index (κ2) is 3.53. The summed E-state index contributed by atoms with van der Waals surface area (Å²) in [6, 6.07) is 1.69. The summed E-state index contributed by atoms with van der Waals surface area (Å²) < 4.78 is 51.4. The number of benzene rings is 1. The molecule has 0 aliphatic heterocycles. The zero-order chi connectivity index (χ0) is 10.9. The molecule has 1 aromatic carbocycles. The monoisotopic (exact) mass is 229 g/mol. The molecule has 1 aromatic rings. The van der Waals surface area contributed by atoms with Crippen LogP contribution in [0.4, 0.5) is 23.2 Å². The summed E-state index contributed by atoms with van der Waals surface area (Å²) in [5, 5.41) is -0.524. The van der Waals surface area contributed by atoms with Gasteiger partial charge < -0.3 is 10.5 Å². The van der Waals surface area contributed by atoms with E-state index in [-0.39, 0.29) is 5.69 Å². The molecule has 0 heterocycles. The molecular weight excluding hydrogens is 226 g/mol. The summed E-state index contributed by atoms with van der Waals surface area (Å²) in [6.45, 7) is 0. The van der Waals surface area contributed by atoms with E-state index in [9.17, 15) is 17.6 Å². The number of hydrogen-bond acceptors (Lipinski definition) is 2. The van der Waals surface area contributed by atoms with Gasteiger partial charge in [0, 0.05) is 11.8 Å². The third-order valence-corrected chi connectivity index (χ3v) is 1.52. The Labute approximate surface area is 81.2 Å². The summed E-state index contributed by atoms with van der Waals surface area (Å²) >= 11 is 5.25. The van der Waals surface area contributed by atoms with Crippen LogP contribution in [-0.2, 0) is 0 Å². The van der Waals surface area contributed by atoms with E-state index in [0.29, 0.717) is 6.07 Å². The van der Waals surface area contributed by atoms with Crippen molar-refractivity contribution in [3.8, 4) is 5.75 Å². The maximum absolute atomic E-state index is 12.9. The third kappa shape index (κ3) is 2.66. The van der Waals surface area contributed by atoms with Gasteiger partial charge in [0.2, 0.25) is 0 Å². The molecule has 2 N–H and O–H groups in total. The van der Waals surface area contributed by atoms with E-state index in [2.05, 4.69) is 4.74 Å². The van der Waals surface area contributed by atoms with Crippen molar-refractivity contribution in [2.75, 3.05) is 5.73 Å². The molecule has 0 saturated heterocycles. The maximum atomic E-state index is 12.9. The number of rotatable bonds is 1. The van der Waals surface area contributed by atoms with Crippen molar-refractivity contribution in [2.24, 2.45) is 0 Å². The quantitative estimate of drug-likeness (QED) is 0.594. The first kappa shape index (κ1) is 10.9. The Morgan fingerprint density at radius 3 is 2.36 bits per heavy atom. The van der Waals surface area contributed by atoms with Crippen LogP contribution in [0, 0.1) is 5.82 Å². The number of anilines is 1. The van der Waals surface area contributed by atoms with Gasteiger partial charge in [0.1, 0.15) is 0 Å². The average molecular weight is 230 g/mol. The molecule has 7 heteroatoms. The molecule has 0 unspecified atom stereocenters. The highest BCUT2D eigenvalue weighted by molar-refractivity contribution is 6.31. The fourth-order valence-electron chi connectivity index (χ4n) is 0.783. The van der Waals surface area contributed by atoms with Crippen LogP contribution >= 0.6 is 11.6 Å². The van der Waals surface area contributed by atoms with Crippen molar-refractivity contribution < 1.29 is 22.3 Å². The Morgan fingerprint density at radius 2 is 1.86 bits per heavy atom. The highest BCUT2D eigenvalue weighted by Crippen LogP contribution is 2.31. The van der Waals surface area contributed by atoms with E-state index in [0.717, 1.165) is 6.07 Å². The number of alkyl halides is 3. The van der Waals surface area contributed by atoms with Crippen LogP contribution in [0.3, 0.4) is 0 Å². The zero-order valence-electron chi connectivity index (χ0n) is 6.53. The molecule has 0 fully saturated rings. The molecule has 2 nitrogen and oxygen atoms in total. The molecule has 0 aliphatic carbocycles. The lowest BCUT2D eigenvalue weighted by molar-refractivity contribution is -0.275. The Hall–Kier alpha value is -1.17. The van der Waals surface area contributed by atoms with Crippen molar-refractivity contribution in [1.29, 1.82) is 0 Å². The number of halogens is 5. The van der Waals surface area contributed by atoms with Crippen LogP contribution in [0.15, 0.2) is 12.1 Å². The van der Waals surface area contributed by atoms with Crippen LogP contribution < -0.4 is 10.5 Å². The van der Waals surface area contributed by atoms with Crippen molar-refractivity contribution in [1.82, 2.24) is 0 Å². The predicted octanol–water partition coefficient (Wildman–Crippen LogP) is 2.96. The molecule has 0 atom stereocenters. The lowest BCUT2D eigenvalue weighted by atomic mass is 10.3. The van der Waals surface area contributed by atoms with Gasteiger partial charge in [-0.05, 0) is 6.07 Å². The number of nitrogens with two attached hydrogens (primary N) is 1. The molecule has 0 aromatic heterocycles. The van der Waals surface area contributed by atoms with E-state index in [1.807, 2.05) is 0 Å². The minimum absolute atomic E-state index is 0.115. The van der Waals surface area contributed by atoms with Gasteiger partial charge in [-0.2, -0.15) is 0 Å². The molecule has 78 valence electrons. The number of nitrogen functional groups attached to an aromatic ring is 1. The topological polar surface area (TPSA) is 35.2 Å². The number of ether oxygens (including phenoxy) is 1. The molecule has 1 rings (SSSR count). The first-order valence-corrected chi connectivity index (χ1v) is 3.67. The molecule has 0 amide bonds. The summed E-state index contributed by atoms with van der Waals surface area (Å²) in [6.07, 6.45) is -4.97. The summed E-state index contributed by atoms with van der Waals surface area (Å²) in [4.78, 5) is 0. The van der Waals surface area contributed by atoms with Crippen LogP contribution in [-0.4, -0.2) is 6.36 Å². The van der Waals surface area contributed by atoms with Crippen molar-refractivity contribution in [3.05, 3.63) is 23.0 Å². The second-order valence-electron chi connectivity index (χ2n) is 2.36.